The molecule has 0 saturated heterocycles. The number of hydrogen-bond donors (Lipinski definition) is 1. The topological polar surface area (TPSA) is 55.0 Å². The Hall–Kier alpha value is -1.20. The number of nitrogens with zero attached hydrogens (tertiary/aromatic N) is 1. The maximum atomic E-state index is 11.8. The molecule has 1 unspecified atom stereocenters. The van der Waals surface area contributed by atoms with Crippen molar-refractivity contribution in [1.82, 2.24) is 10.2 Å². The van der Waals surface area contributed by atoms with E-state index in [-0.39, 0.29) is 11.5 Å². The van der Waals surface area contributed by atoms with E-state index in [4.69, 9.17) is 4.74 Å². The first-order valence-electron chi connectivity index (χ1n) is 6.39. The van der Waals surface area contributed by atoms with Gasteiger partial charge in [-0.15, -0.1) is 0 Å². The van der Waals surface area contributed by atoms with E-state index in [1.165, 1.54) is 0 Å². The summed E-state index contributed by atoms with van der Waals surface area (Å²) in [6, 6.07) is 5.67. The fourth-order valence-corrected chi connectivity index (χ4v) is 2.38. The number of fused-ring (bicyclic) bond motifs is 1. The second-order valence-electron chi connectivity index (χ2n) is 4.60. The lowest BCUT2D eigenvalue weighted by atomic mass is 10.0. The fraction of sp³-hybridized carbons (Fsp3) is 0.429. The van der Waals surface area contributed by atoms with Crippen LogP contribution in [0.1, 0.15) is 31.9 Å². The van der Waals surface area contributed by atoms with Gasteiger partial charge in [-0.1, -0.05) is 35.8 Å². The van der Waals surface area contributed by atoms with Crippen molar-refractivity contribution in [3.8, 4) is 0 Å². The van der Waals surface area contributed by atoms with Crippen molar-refractivity contribution in [2.75, 3.05) is 13.2 Å². The van der Waals surface area contributed by atoms with E-state index in [9.17, 15) is 4.79 Å². The zero-order valence-corrected chi connectivity index (χ0v) is 12.7. The van der Waals surface area contributed by atoms with Gasteiger partial charge in [-0.2, -0.15) is 5.10 Å². The molecule has 2 aromatic rings. The van der Waals surface area contributed by atoms with E-state index in [1.54, 1.807) is 0 Å². The number of aromatic nitrogens is 2. The van der Waals surface area contributed by atoms with Crippen LogP contribution in [0.25, 0.3) is 10.8 Å². The van der Waals surface area contributed by atoms with Gasteiger partial charge in [0.2, 0.25) is 0 Å². The molecule has 1 atom stereocenters. The van der Waals surface area contributed by atoms with Crippen molar-refractivity contribution in [1.29, 1.82) is 0 Å². The maximum absolute atomic E-state index is 11.8. The molecular formula is C14H17BrN2O2. The van der Waals surface area contributed by atoms with Crippen LogP contribution in [0.3, 0.4) is 0 Å². The minimum absolute atomic E-state index is 0.145. The minimum Gasteiger partial charge on any atom is -0.381 e. The molecule has 0 amide bonds. The van der Waals surface area contributed by atoms with Gasteiger partial charge >= 0.3 is 0 Å². The number of halogens is 1. The Morgan fingerprint density at radius 1 is 1.42 bits per heavy atom. The van der Waals surface area contributed by atoms with Crippen molar-refractivity contribution >= 4 is 26.7 Å². The van der Waals surface area contributed by atoms with Crippen molar-refractivity contribution in [2.24, 2.45) is 0 Å². The molecule has 5 heteroatoms. The van der Waals surface area contributed by atoms with Crippen molar-refractivity contribution in [2.45, 2.75) is 26.2 Å². The molecular weight excluding hydrogens is 308 g/mol. The van der Waals surface area contributed by atoms with Crippen molar-refractivity contribution < 1.29 is 4.74 Å². The van der Waals surface area contributed by atoms with Crippen LogP contribution in [0.5, 0.6) is 0 Å². The molecule has 1 aromatic heterocycles. The highest BCUT2D eigenvalue weighted by atomic mass is 79.9. The monoisotopic (exact) mass is 324 g/mol. The first-order valence-corrected chi connectivity index (χ1v) is 7.18. The highest BCUT2D eigenvalue weighted by Gasteiger charge is 2.13. The maximum Gasteiger partial charge on any atom is 0.272 e. The summed E-state index contributed by atoms with van der Waals surface area (Å²) in [6.07, 6.45) is 0.999. The number of hydrogen-bond acceptors (Lipinski definition) is 3. The average molecular weight is 325 g/mol. The van der Waals surface area contributed by atoms with E-state index < -0.39 is 0 Å². The number of nitrogens with one attached hydrogen (secondary N) is 1. The molecule has 0 radical (unpaired) electrons. The zero-order chi connectivity index (χ0) is 13.8. The Morgan fingerprint density at radius 3 is 2.95 bits per heavy atom. The predicted octanol–water partition coefficient (Wildman–Crippen LogP) is 3.22. The highest BCUT2D eigenvalue weighted by Crippen LogP contribution is 2.23. The zero-order valence-electron chi connectivity index (χ0n) is 11.1. The number of benzene rings is 1. The van der Waals surface area contributed by atoms with E-state index in [1.807, 2.05) is 18.2 Å². The predicted molar refractivity (Wildman–Crippen MR) is 79.6 cm³/mol. The molecule has 0 fully saturated rings. The van der Waals surface area contributed by atoms with Gasteiger partial charge in [0, 0.05) is 22.4 Å². The molecule has 1 aromatic carbocycles. The first kappa shape index (κ1) is 14.2. The van der Waals surface area contributed by atoms with Gasteiger partial charge in [-0.25, -0.2) is 5.10 Å². The molecule has 19 heavy (non-hydrogen) atoms. The lowest BCUT2D eigenvalue weighted by Crippen LogP contribution is -2.15. The number of ether oxygens (including phenoxy) is 1. The summed E-state index contributed by atoms with van der Waals surface area (Å²) in [5.41, 5.74) is 0.708. The van der Waals surface area contributed by atoms with Gasteiger partial charge in [0.15, 0.2) is 0 Å². The van der Waals surface area contributed by atoms with Gasteiger partial charge in [0.05, 0.1) is 17.7 Å². The lowest BCUT2D eigenvalue weighted by Gasteiger charge is -2.13. The van der Waals surface area contributed by atoms with Gasteiger partial charge in [0.25, 0.3) is 5.56 Å². The summed E-state index contributed by atoms with van der Waals surface area (Å²) >= 11 is 3.38. The summed E-state index contributed by atoms with van der Waals surface area (Å²) in [7, 11) is 0. The minimum atomic E-state index is -0.165. The molecule has 0 aliphatic heterocycles. The first-order chi connectivity index (χ1) is 9.13. The Kier molecular flexibility index (Phi) is 4.71. The fourth-order valence-electron chi connectivity index (χ4n) is 2.02. The molecule has 0 spiro atoms. The van der Waals surface area contributed by atoms with Gasteiger partial charge in [-0.3, -0.25) is 4.79 Å². The molecule has 4 nitrogen and oxygen atoms in total. The van der Waals surface area contributed by atoms with Crippen LogP contribution in [0.2, 0.25) is 0 Å². The van der Waals surface area contributed by atoms with Crippen LogP contribution in [0.4, 0.5) is 0 Å². The second kappa shape index (κ2) is 6.30. The number of rotatable bonds is 5. The Balaban J connectivity index is 2.38. The molecule has 0 aliphatic carbocycles. The van der Waals surface area contributed by atoms with Crippen molar-refractivity contribution in [3.05, 3.63) is 38.7 Å². The van der Waals surface area contributed by atoms with Crippen molar-refractivity contribution in [3.63, 3.8) is 0 Å². The third kappa shape index (κ3) is 3.22. The third-order valence-corrected chi connectivity index (χ3v) is 3.46. The third-order valence-electron chi connectivity index (χ3n) is 2.96. The molecule has 1 N–H and O–H groups in total. The molecule has 1 heterocycles. The summed E-state index contributed by atoms with van der Waals surface area (Å²) < 4.78 is 6.45. The van der Waals surface area contributed by atoms with Crippen LogP contribution in [-0.4, -0.2) is 23.4 Å². The van der Waals surface area contributed by atoms with E-state index in [0.29, 0.717) is 12.0 Å². The van der Waals surface area contributed by atoms with Gasteiger partial charge in [0.1, 0.15) is 0 Å². The number of H-pyrrole nitrogens is 1. The van der Waals surface area contributed by atoms with Crippen LogP contribution in [0.15, 0.2) is 27.5 Å². The highest BCUT2D eigenvalue weighted by molar-refractivity contribution is 9.10. The summed E-state index contributed by atoms with van der Waals surface area (Å²) in [5, 5.41) is 8.28. The molecule has 102 valence electrons. The van der Waals surface area contributed by atoms with Gasteiger partial charge in [-0.05, 0) is 18.6 Å². The summed E-state index contributed by atoms with van der Waals surface area (Å²) in [4.78, 5) is 11.8. The quantitative estimate of drug-likeness (QED) is 0.859. The van der Waals surface area contributed by atoms with Crippen LogP contribution in [-0.2, 0) is 4.74 Å². The standard InChI is InChI=1S/C14H17BrN2O2/c1-3-6-19-8-9(2)13-11-5-4-10(15)7-12(11)14(18)17-16-13/h4-5,7,9H,3,6,8H2,1-2H3,(H,17,18). The lowest BCUT2D eigenvalue weighted by molar-refractivity contribution is 0.123. The average Bonchev–Trinajstić information content (AvgIpc) is 2.40. The summed E-state index contributed by atoms with van der Waals surface area (Å²) in [5.74, 6) is 0.145. The van der Waals surface area contributed by atoms with E-state index in [2.05, 4.69) is 40.0 Å². The summed E-state index contributed by atoms with van der Waals surface area (Å²) in [6.45, 7) is 5.49. The van der Waals surface area contributed by atoms with Crippen LogP contribution < -0.4 is 5.56 Å². The Labute approximate surface area is 120 Å². The normalized spacial score (nSPS) is 12.8. The molecule has 0 bridgehead atoms. The molecule has 0 saturated carbocycles. The largest absolute Gasteiger partial charge is 0.381 e. The van der Waals surface area contributed by atoms with E-state index >= 15 is 0 Å². The van der Waals surface area contributed by atoms with Crippen LogP contribution >= 0.6 is 15.9 Å². The van der Waals surface area contributed by atoms with Gasteiger partial charge < -0.3 is 4.74 Å². The smallest absolute Gasteiger partial charge is 0.272 e. The number of aromatic amines is 1. The Morgan fingerprint density at radius 2 is 2.21 bits per heavy atom. The van der Waals surface area contributed by atoms with E-state index in [0.717, 1.165) is 28.6 Å². The molecule has 2 rings (SSSR count). The second-order valence-corrected chi connectivity index (χ2v) is 5.52. The van der Waals surface area contributed by atoms with Crippen LogP contribution in [0, 0.1) is 0 Å². The Bertz CT molecular complexity index is 624. The SMILES string of the molecule is CCCOCC(C)c1n[nH]c(=O)c2cc(Br)ccc12. The molecule has 0 aliphatic rings.